The first-order valence-corrected chi connectivity index (χ1v) is 6.98. The highest BCUT2D eigenvalue weighted by molar-refractivity contribution is 7.99. The van der Waals surface area contributed by atoms with Crippen molar-refractivity contribution >= 4 is 23.1 Å². The van der Waals surface area contributed by atoms with Gasteiger partial charge < -0.3 is 5.43 Å². The summed E-state index contributed by atoms with van der Waals surface area (Å²) in [6.45, 7) is 5.78. The van der Waals surface area contributed by atoms with Gasteiger partial charge in [0.25, 0.3) is 5.69 Å². The molecule has 0 radical (unpaired) electrons. The minimum atomic E-state index is -0.461. The Kier molecular flexibility index (Phi) is 4.39. The molecule has 110 valence electrons. The van der Waals surface area contributed by atoms with Crippen LogP contribution >= 0.6 is 11.8 Å². The summed E-state index contributed by atoms with van der Waals surface area (Å²) in [5.74, 6) is 5.34. The number of non-ortho nitro benzene ring substituents is 1. The Labute approximate surface area is 126 Å². The van der Waals surface area contributed by atoms with Gasteiger partial charge in [-0.2, -0.15) is 0 Å². The van der Waals surface area contributed by atoms with Gasteiger partial charge in [-0.05, 0) is 44.2 Å². The van der Waals surface area contributed by atoms with E-state index >= 15 is 0 Å². The van der Waals surface area contributed by atoms with Gasteiger partial charge in [0, 0.05) is 28.4 Å². The molecule has 7 nitrogen and oxygen atoms in total. The molecule has 0 saturated heterocycles. The summed E-state index contributed by atoms with van der Waals surface area (Å²) in [6.07, 6.45) is 0. The second-order valence-electron chi connectivity index (χ2n) is 4.52. The molecular weight excluding hydrogens is 290 g/mol. The molecule has 0 fully saturated rings. The molecule has 0 bridgehead atoms. The fraction of sp³-hybridized carbons (Fsp3) is 0.231. The third-order valence-electron chi connectivity index (χ3n) is 3.09. The van der Waals surface area contributed by atoms with E-state index in [1.165, 1.54) is 23.9 Å². The molecule has 21 heavy (non-hydrogen) atoms. The lowest BCUT2D eigenvalue weighted by atomic mass is 10.2. The number of anilines is 1. The number of aryl methyl sites for hydroxylation is 2. The molecule has 2 rings (SSSR count). The van der Waals surface area contributed by atoms with Crippen molar-refractivity contribution in [2.45, 2.75) is 30.8 Å². The third kappa shape index (κ3) is 3.47. The quantitative estimate of drug-likeness (QED) is 0.387. The van der Waals surface area contributed by atoms with Gasteiger partial charge in [-0.3, -0.25) is 16.0 Å². The van der Waals surface area contributed by atoms with E-state index in [-0.39, 0.29) is 5.69 Å². The van der Waals surface area contributed by atoms with Crippen molar-refractivity contribution in [3.8, 4) is 0 Å². The van der Waals surface area contributed by atoms with Gasteiger partial charge in [0.1, 0.15) is 0 Å². The van der Waals surface area contributed by atoms with Crippen LogP contribution in [0.1, 0.15) is 17.0 Å². The summed E-state index contributed by atoms with van der Waals surface area (Å²) in [7, 11) is 0. The topological polar surface area (TPSA) is 107 Å². The molecule has 0 spiro atoms. The van der Waals surface area contributed by atoms with Crippen molar-refractivity contribution < 1.29 is 4.92 Å². The van der Waals surface area contributed by atoms with Crippen molar-refractivity contribution in [3.63, 3.8) is 0 Å². The zero-order chi connectivity index (χ0) is 15.6. The lowest BCUT2D eigenvalue weighted by molar-refractivity contribution is -0.385. The lowest BCUT2D eigenvalue weighted by Gasteiger charge is -2.08. The largest absolute Gasteiger partial charge is 0.324 e. The van der Waals surface area contributed by atoms with Crippen LogP contribution in [0, 0.1) is 30.9 Å². The standard InChI is InChI=1S/C13H15N5O2S/c1-7-8(2)15-13(16-9(7)3)21-12-5-10(17-14)4-11(6-12)18(19)20/h4-6,17H,14H2,1-3H3. The SMILES string of the molecule is Cc1nc(Sc2cc(NN)cc([N+](=O)[O-])c2)nc(C)c1C. The first-order valence-electron chi connectivity index (χ1n) is 6.16. The minimum Gasteiger partial charge on any atom is -0.324 e. The van der Waals surface area contributed by atoms with Crippen LogP contribution in [0.15, 0.2) is 28.3 Å². The number of nitrogen functional groups attached to an aromatic ring is 1. The summed E-state index contributed by atoms with van der Waals surface area (Å²) in [5, 5.41) is 11.5. The summed E-state index contributed by atoms with van der Waals surface area (Å²) in [4.78, 5) is 19.9. The van der Waals surface area contributed by atoms with E-state index in [9.17, 15) is 10.1 Å². The van der Waals surface area contributed by atoms with E-state index in [2.05, 4.69) is 15.4 Å². The lowest BCUT2D eigenvalue weighted by Crippen LogP contribution is -2.07. The van der Waals surface area contributed by atoms with Crippen molar-refractivity contribution in [1.82, 2.24) is 9.97 Å². The normalized spacial score (nSPS) is 10.5. The number of nitro benzene ring substituents is 1. The average Bonchev–Trinajstić information content (AvgIpc) is 2.44. The van der Waals surface area contributed by atoms with E-state index in [4.69, 9.17) is 5.84 Å². The molecule has 0 aliphatic heterocycles. The fourth-order valence-corrected chi connectivity index (χ4v) is 2.67. The maximum atomic E-state index is 10.9. The predicted octanol–water partition coefficient (Wildman–Crippen LogP) is 2.75. The number of benzene rings is 1. The van der Waals surface area contributed by atoms with Crippen LogP contribution < -0.4 is 11.3 Å². The zero-order valence-corrected chi connectivity index (χ0v) is 12.7. The second-order valence-corrected chi connectivity index (χ2v) is 5.56. The number of nitro groups is 1. The number of rotatable bonds is 4. The molecule has 1 aromatic carbocycles. The Bertz CT molecular complexity index is 682. The predicted molar refractivity (Wildman–Crippen MR) is 81.3 cm³/mol. The molecule has 0 saturated carbocycles. The van der Waals surface area contributed by atoms with Crippen molar-refractivity contribution in [3.05, 3.63) is 45.3 Å². The number of nitrogens with zero attached hydrogens (tertiary/aromatic N) is 3. The van der Waals surface area contributed by atoms with Gasteiger partial charge in [0.15, 0.2) is 5.16 Å². The number of hydrazine groups is 1. The Hall–Kier alpha value is -2.19. The van der Waals surface area contributed by atoms with Crippen LogP contribution in [0.5, 0.6) is 0 Å². The van der Waals surface area contributed by atoms with E-state index in [1.807, 2.05) is 20.8 Å². The van der Waals surface area contributed by atoms with Crippen LogP contribution in [-0.4, -0.2) is 14.9 Å². The molecule has 3 N–H and O–H groups in total. The minimum absolute atomic E-state index is 0.0338. The van der Waals surface area contributed by atoms with Crippen LogP contribution in [-0.2, 0) is 0 Å². The van der Waals surface area contributed by atoms with Crippen LogP contribution in [0.25, 0.3) is 0 Å². The molecule has 0 unspecified atom stereocenters. The van der Waals surface area contributed by atoms with Crippen molar-refractivity contribution in [1.29, 1.82) is 0 Å². The first kappa shape index (κ1) is 15.2. The number of hydrogen-bond donors (Lipinski definition) is 2. The zero-order valence-electron chi connectivity index (χ0n) is 11.9. The monoisotopic (exact) mass is 305 g/mol. The van der Waals surface area contributed by atoms with Gasteiger partial charge >= 0.3 is 0 Å². The molecule has 2 aromatic rings. The van der Waals surface area contributed by atoms with Gasteiger partial charge in [-0.15, -0.1) is 0 Å². The highest BCUT2D eigenvalue weighted by Crippen LogP contribution is 2.31. The highest BCUT2D eigenvalue weighted by Gasteiger charge is 2.12. The summed E-state index contributed by atoms with van der Waals surface area (Å²) < 4.78 is 0. The molecule has 1 aromatic heterocycles. The third-order valence-corrected chi connectivity index (χ3v) is 3.93. The summed E-state index contributed by atoms with van der Waals surface area (Å²) >= 11 is 1.26. The van der Waals surface area contributed by atoms with E-state index in [1.54, 1.807) is 6.07 Å². The molecule has 1 heterocycles. The fourth-order valence-electron chi connectivity index (χ4n) is 1.72. The van der Waals surface area contributed by atoms with E-state index < -0.39 is 4.92 Å². The Morgan fingerprint density at radius 3 is 2.33 bits per heavy atom. The second kappa shape index (κ2) is 6.06. The number of hydrogen-bond acceptors (Lipinski definition) is 7. The molecule has 0 atom stereocenters. The highest BCUT2D eigenvalue weighted by atomic mass is 32.2. The van der Waals surface area contributed by atoms with Gasteiger partial charge in [0.2, 0.25) is 0 Å². The Morgan fingerprint density at radius 2 is 1.81 bits per heavy atom. The molecule has 0 aliphatic rings. The maximum absolute atomic E-state index is 10.9. The summed E-state index contributed by atoms with van der Waals surface area (Å²) in [6, 6.07) is 4.56. The number of nitrogens with two attached hydrogens (primary N) is 1. The number of nitrogens with one attached hydrogen (secondary N) is 1. The Balaban J connectivity index is 2.39. The molecular formula is C13H15N5O2S. The van der Waals surface area contributed by atoms with Crippen molar-refractivity contribution in [2.24, 2.45) is 5.84 Å². The van der Waals surface area contributed by atoms with E-state index in [0.717, 1.165) is 17.0 Å². The molecule has 0 amide bonds. The van der Waals surface area contributed by atoms with Crippen molar-refractivity contribution in [2.75, 3.05) is 5.43 Å². The van der Waals surface area contributed by atoms with Gasteiger partial charge in [-0.1, -0.05) is 0 Å². The summed E-state index contributed by atoms with van der Waals surface area (Å²) in [5.41, 5.74) is 5.69. The molecule has 0 aliphatic carbocycles. The van der Waals surface area contributed by atoms with Crippen LogP contribution in [0.3, 0.4) is 0 Å². The number of aromatic nitrogens is 2. The maximum Gasteiger partial charge on any atom is 0.272 e. The molecule has 8 heteroatoms. The van der Waals surface area contributed by atoms with Gasteiger partial charge in [-0.25, -0.2) is 9.97 Å². The van der Waals surface area contributed by atoms with Crippen LogP contribution in [0.4, 0.5) is 11.4 Å². The van der Waals surface area contributed by atoms with Crippen LogP contribution in [0.2, 0.25) is 0 Å². The smallest absolute Gasteiger partial charge is 0.272 e. The first-order chi connectivity index (χ1) is 9.90. The van der Waals surface area contributed by atoms with E-state index in [0.29, 0.717) is 15.7 Å². The average molecular weight is 305 g/mol. The van der Waals surface area contributed by atoms with Gasteiger partial charge in [0.05, 0.1) is 10.6 Å². The Morgan fingerprint density at radius 1 is 1.19 bits per heavy atom.